The second-order valence-electron chi connectivity index (χ2n) is 6.01. The van der Waals surface area contributed by atoms with E-state index in [2.05, 4.69) is 5.32 Å². The summed E-state index contributed by atoms with van der Waals surface area (Å²) in [5, 5.41) is 12.3. The Morgan fingerprint density at radius 3 is 2.64 bits per heavy atom. The van der Waals surface area contributed by atoms with Crippen molar-refractivity contribution in [1.29, 1.82) is 5.26 Å². The van der Waals surface area contributed by atoms with Crippen molar-refractivity contribution in [1.82, 2.24) is 5.32 Å². The van der Waals surface area contributed by atoms with Gasteiger partial charge in [-0.3, -0.25) is 10.1 Å². The number of nitriles is 1. The Morgan fingerprint density at radius 2 is 2.09 bits per heavy atom. The fourth-order valence-corrected chi connectivity index (χ4v) is 2.46. The van der Waals surface area contributed by atoms with Gasteiger partial charge in [-0.25, -0.2) is 4.79 Å². The zero-order chi connectivity index (χ0) is 16.7. The minimum Gasteiger partial charge on any atom is -0.444 e. The van der Waals surface area contributed by atoms with Crippen LogP contribution in [0.1, 0.15) is 26.3 Å². The summed E-state index contributed by atoms with van der Waals surface area (Å²) in [5.41, 5.74) is -1.73. The molecule has 116 valence electrons. The summed E-state index contributed by atoms with van der Waals surface area (Å²) in [6, 6.07) is 6.64. The van der Waals surface area contributed by atoms with Gasteiger partial charge in [0.2, 0.25) is 5.54 Å². The van der Waals surface area contributed by atoms with Crippen LogP contribution in [0.4, 0.5) is 10.5 Å². The molecule has 1 aromatic carbocycles. The predicted molar refractivity (Wildman–Crippen MR) is 81.5 cm³/mol. The molecular formula is C15H16ClN3O3. The number of amides is 2. The summed E-state index contributed by atoms with van der Waals surface area (Å²) in [4.78, 5) is 25.9. The van der Waals surface area contributed by atoms with E-state index in [-0.39, 0.29) is 0 Å². The molecule has 2 rings (SSSR count). The summed E-state index contributed by atoms with van der Waals surface area (Å²) in [6.07, 6.45) is -0.844. The van der Waals surface area contributed by atoms with Crippen LogP contribution < -0.4 is 10.2 Å². The maximum Gasteiger partial charge on any atom is 0.409 e. The molecule has 22 heavy (non-hydrogen) atoms. The lowest BCUT2D eigenvalue weighted by atomic mass is 9.93. The molecule has 1 heterocycles. The van der Waals surface area contributed by atoms with Gasteiger partial charge < -0.3 is 9.64 Å². The topological polar surface area (TPSA) is 82.4 Å². The molecule has 0 bridgehead atoms. The standard InChI is InChI=1S/C15H16ClN3O3/c1-14(2,3)22-13(21)18-15(8-17)10-7-9(16)5-6-11(10)19(4)12(15)20/h5-7H,1-4H3,(H,18,21). The molecule has 1 N–H and O–H groups in total. The predicted octanol–water partition coefficient (Wildman–Crippen LogP) is 2.56. The largest absolute Gasteiger partial charge is 0.444 e. The third-order valence-electron chi connectivity index (χ3n) is 3.21. The van der Waals surface area contributed by atoms with Gasteiger partial charge in [0, 0.05) is 17.6 Å². The second kappa shape index (κ2) is 5.18. The Hall–Kier alpha value is -2.26. The number of likely N-dealkylation sites (N-methyl/N-ethyl adjacent to an activating group) is 1. The third-order valence-corrected chi connectivity index (χ3v) is 3.44. The Labute approximate surface area is 133 Å². The zero-order valence-electron chi connectivity index (χ0n) is 12.7. The summed E-state index contributed by atoms with van der Waals surface area (Å²) in [7, 11) is 1.53. The fraction of sp³-hybridized carbons (Fsp3) is 0.400. The maximum absolute atomic E-state index is 12.5. The van der Waals surface area contributed by atoms with Gasteiger partial charge in [0.15, 0.2) is 0 Å². The third kappa shape index (κ3) is 2.60. The fourth-order valence-electron chi connectivity index (χ4n) is 2.29. The number of rotatable bonds is 1. The van der Waals surface area contributed by atoms with Crippen LogP contribution in [-0.2, 0) is 15.1 Å². The van der Waals surface area contributed by atoms with E-state index in [1.807, 2.05) is 6.07 Å². The van der Waals surface area contributed by atoms with Crippen molar-refractivity contribution in [2.24, 2.45) is 0 Å². The Balaban J connectivity index is 2.47. The van der Waals surface area contributed by atoms with Crippen LogP contribution in [0, 0.1) is 11.3 Å². The van der Waals surface area contributed by atoms with E-state index in [9.17, 15) is 14.9 Å². The van der Waals surface area contributed by atoms with Crippen molar-refractivity contribution in [3.63, 3.8) is 0 Å². The molecule has 1 unspecified atom stereocenters. The van der Waals surface area contributed by atoms with E-state index in [0.717, 1.165) is 0 Å². The minimum absolute atomic E-state index is 0.334. The highest BCUT2D eigenvalue weighted by Crippen LogP contribution is 2.40. The lowest BCUT2D eigenvalue weighted by Crippen LogP contribution is -2.52. The Bertz CT molecular complexity index is 690. The van der Waals surface area contributed by atoms with Gasteiger partial charge in [0.25, 0.3) is 5.91 Å². The molecule has 1 aliphatic heterocycles. The van der Waals surface area contributed by atoms with Gasteiger partial charge >= 0.3 is 6.09 Å². The number of fused-ring (bicyclic) bond motifs is 1. The monoisotopic (exact) mass is 321 g/mol. The van der Waals surface area contributed by atoms with Crippen LogP contribution in [-0.4, -0.2) is 24.6 Å². The number of ether oxygens (including phenoxy) is 1. The average Bonchev–Trinajstić information content (AvgIpc) is 2.59. The smallest absolute Gasteiger partial charge is 0.409 e. The van der Waals surface area contributed by atoms with Crippen LogP contribution in [0.2, 0.25) is 5.02 Å². The first-order valence-electron chi connectivity index (χ1n) is 6.61. The van der Waals surface area contributed by atoms with Gasteiger partial charge in [-0.15, -0.1) is 0 Å². The normalized spacial score (nSPS) is 20.4. The molecule has 0 saturated heterocycles. The summed E-state index contributed by atoms with van der Waals surface area (Å²) >= 11 is 5.96. The summed E-state index contributed by atoms with van der Waals surface area (Å²) in [6.45, 7) is 5.08. The summed E-state index contributed by atoms with van der Waals surface area (Å²) in [5.74, 6) is -0.557. The molecule has 2 amide bonds. The number of hydrogen-bond acceptors (Lipinski definition) is 4. The molecule has 0 saturated carbocycles. The van der Waals surface area contributed by atoms with E-state index >= 15 is 0 Å². The molecule has 0 spiro atoms. The van der Waals surface area contributed by atoms with Crippen molar-refractivity contribution >= 4 is 29.3 Å². The molecule has 1 aromatic rings. The van der Waals surface area contributed by atoms with Gasteiger partial charge in [0.1, 0.15) is 11.7 Å². The van der Waals surface area contributed by atoms with Crippen LogP contribution >= 0.6 is 11.6 Å². The van der Waals surface area contributed by atoms with Crippen molar-refractivity contribution in [2.45, 2.75) is 31.9 Å². The number of benzene rings is 1. The van der Waals surface area contributed by atoms with Crippen LogP contribution in [0.3, 0.4) is 0 Å². The van der Waals surface area contributed by atoms with E-state index in [0.29, 0.717) is 16.3 Å². The van der Waals surface area contributed by atoms with Gasteiger partial charge in [-0.1, -0.05) is 11.6 Å². The molecule has 7 heteroatoms. The van der Waals surface area contributed by atoms with Gasteiger partial charge in [-0.2, -0.15) is 5.26 Å². The van der Waals surface area contributed by atoms with Crippen LogP contribution in [0.15, 0.2) is 18.2 Å². The number of halogens is 1. The number of nitrogens with one attached hydrogen (secondary N) is 1. The highest BCUT2D eigenvalue weighted by atomic mass is 35.5. The maximum atomic E-state index is 12.5. The molecule has 0 aromatic heterocycles. The lowest BCUT2D eigenvalue weighted by molar-refractivity contribution is -0.122. The number of hydrogen-bond donors (Lipinski definition) is 1. The van der Waals surface area contributed by atoms with Gasteiger partial charge in [-0.05, 0) is 39.0 Å². The van der Waals surface area contributed by atoms with E-state index < -0.39 is 23.1 Å². The van der Waals surface area contributed by atoms with Crippen LogP contribution in [0.25, 0.3) is 0 Å². The molecule has 6 nitrogen and oxygen atoms in total. The number of nitrogens with zero attached hydrogens (tertiary/aromatic N) is 2. The highest BCUT2D eigenvalue weighted by Gasteiger charge is 2.52. The minimum atomic E-state index is -1.84. The number of alkyl carbamates (subject to hydrolysis) is 1. The Kier molecular flexibility index (Phi) is 3.80. The first kappa shape index (κ1) is 16.1. The van der Waals surface area contributed by atoms with E-state index in [1.165, 1.54) is 18.0 Å². The van der Waals surface area contributed by atoms with Crippen molar-refractivity contribution in [3.8, 4) is 6.07 Å². The first-order chi connectivity index (χ1) is 10.1. The zero-order valence-corrected chi connectivity index (χ0v) is 13.5. The highest BCUT2D eigenvalue weighted by molar-refractivity contribution is 6.31. The molecule has 0 radical (unpaired) electrons. The SMILES string of the molecule is CN1C(=O)C(C#N)(NC(=O)OC(C)(C)C)c2cc(Cl)ccc21. The summed E-state index contributed by atoms with van der Waals surface area (Å²) < 4.78 is 5.15. The van der Waals surface area contributed by atoms with Gasteiger partial charge in [0.05, 0.1) is 5.69 Å². The van der Waals surface area contributed by atoms with Crippen molar-refractivity contribution < 1.29 is 14.3 Å². The molecule has 0 fully saturated rings. The Morgan fingerprint density at radius 1 is 1.45 bits per heavy atom. The number of anilines is 1. The molecule has 1 aliphatic rings. The van der Waals surface area contributed by atoms with Crippen molar-refractivity contribution in [2.75, 3.05) is 11.9 Å². The van der Waals surface area contributed by atoms with E-state index in [1.54, 1.807) is 32.9 Å². The van der Waals surface area contributed by atoms with E-state index in [4.69, 9.17) is 16.3 Å². The number of carbonyl (C=O) groups is 2. The first-order valence-corrected chi connectivity index (χ1v) is 6.99. The number of carbonyl (C=O) groups excluding carboxylic acids is 2. The lowest BCUT2D eigenvalue weighted by Gasteiger charge is -2.25. The van der Waals surface area contributed by atoms with Crippen LogP contribution in [0.5, 0.6) is 0 Å². The molecule has 0 aliphatic carbocycles. The second-order valence-corrected chi connectivity index (χ2v) is 6.45. The quantitative estimate of drug-likeness (QED) is 0.861. The molecule has 1 atom stereocenters. The van der Waals surface area contributed by atoms with Crippen molar-refractivity contribution in [3.05, 3.63) is 28.8 Å². The average molecular weight is 322 g/mol. The molecular weight excluding hydrogens is 306 g/mol.